The highest BCUT2D eigenvalue weighted by Crippen LogP contribution is 2.45. The van der Waals surface area contributed by atoms with Gasteiger partial charge in [-0.2, -0.15) is 0 Å². The van der Waals surface area contributed by atoms with Gasteiger partial charge in [0.15, 0.2) is 0 Å². The van der Waals surface area contributed by atoms with E-state index in [2.05, 4.69) is 101 Å². The van der Waals surface area contributed by atoms with E-state index in [1.165, 1.54) is 27.1 Å². The van der Waals surface area contributed by atoms with Crippen LogP contribution in [0.4, 0.5) is 0 Å². The van der Waals surface area contributed by atoms with Gasteiger partial charge in [-0.1, -0.05) is 84.9 Å². The molecule has 0 atom stereocenters. The van der Waals surface area contributed by atoms with Gasteiger partial charge in [-0.25, -0.2) is 0 Å². The monoisotopic (exact) mass is 512 g/mol. The Morgan fingerprint density at radius 1 is 0.429 bits per heavy atom. The average Bonchev–Trinajstić information content (AvgIpc) is 3.45. The quantitative estimate of drug-likeness (QED) is 0.204. The van der Waals surface area contributed by atoms with Crippen molar-refractivity contribution in [3.05, 3.63) is 108 Å². The van der Waals surface area contributed by atoms with Crippen molar-refractivity contribution in [3.8, 4) is 11.1 Å². The third kappa shape index (κ3) is 2.59. The predicted molar refractivity (Wildman–Crippen MR) is 149 cm³/mol. The lowest BCUT2D eigenvalue weighted by atomic mass is 9.91. The molecule has 0 N–H and O–H groups in total. The van der Waals surface area contributed by atoms with E-state index in [4.69, 9.17) is 8.83 Å². The Morgan fingerprint density at radius 2 is 1.00 bits per heavy atom. The molecule has 3 heteroatoms. The summed E-state index contributed by atoms with van der Waals surface area (Å²) < 4.78 is 13.9. The summed E-state index contributed by atoms with van der Waals surface area (Å²) in [5, 5.41) is 9.24. The van der Waals surface area contributed by atoms with Gasteiger partial charge in [0, 0.05) is 43.2 Å². The Balaban J connectivity index is 1.53. The molecule has 8 aromatic rings. The Bertz CT molecular complexity index is 2070. The van der Waals surface area contributed by atoms with Crippen LogP contribution in [-0.2, 0) is 0 Å². The van der Waals surface area contributed by atoms with Gasteiger partial charge in [-0.15, -0.1) is 0 Å². The van der Waals surface area contributed by atoms with Crippen LogP contribution >= 0.6 is 15.9 Å². The first-order valence-electron chi connectivity index (χ1n) is 11.6. The summed E-state index contributed by atoms with van der Waals surface area (Å²) in [6.45, 7) is 0. The molecule has 0 saturated heterocycles. The maximum Gasteiger partial charge on any atom is 0.143 e. The summed E-state index contributed by atoms with van der Waals surface area (Å²) in [6, 6.07) is 36.0. The minimum atomic E-state index is 0.838. The van der Waals surface area contributed by atoms with E-state index in [1.807, 2.05) is 18.2 Å². The summed E-state index contributed by atoms with van der Waals surface area (Å²) in [4.78, 5) is 0. The fourth-order valence-corrected chi connectivity index (χ4v) is 6.27. The van der Waals surface area contributed by atoms with Crippen molar-refractivity contribution in [1.29, 1.82) is 0 Å². The van der Waals surface area contributed by atoms with Crippen LogP contribution in [0.5, 0.6) is 0 Å². The lowest BCUT2D eigenvalue weighted by molar-refractivity contribution is 0.656. The molecule has 8 rings (SSSR count). The minimum absolute atomic E-state index is 0.838. The highest BCUT2D eigenvalue weighted by atomic mass is 79.9. The molecule has 0 unspecified atom stereocenters. The van der Waals surface area contributed by atoms with Crippen molar-refractivity contribution in [1.82, 2.24) is 0 Å². The number of furan rings is 2. The van der Waals surface area contributed by atoms with E-state index in [-0.39, 0.29) is 0 Å². The summed E-state index contributed by atoms with van der Waals surface area (Å²) in [7, 11) is 0. The molecule has 0 fully saturated rings. The minimum Gasteiger partial charge on any atom is -0.456 e. The highest BCUT2D eigenvalue weighted by Gasteiger charge is 2.19. The zero-order valence-electron chi connectivity index (χ0n) is 18.5. The number of para-hydroxylation sites is 2. The van der Waals surface area contributed by atoms with E-state index in [1.54, 1.807) is 0 Å². The number of hydrogen-bond acceptors (Lipinski definition) is 2. The molecule has 2 heterocycles. The maximum absolute atomic E-state index is 6.60. The molecule has 2 nitrogen and oxygen atoms in total. The first kappa shape index (κ1) is 19.2. The molecule has 6 aromatic carbocycles. The van der Waals surface area contributed by atoms with Gasteiger partial charge in [0.2, 0.25) is 0 Å². The van der Waals surface area contributed by atoms with Crippen molar-refractivity contribution in [3.63, 3.8) is 0 Å². The second kappa shape index (κ2) is 6.97. The van der Waals surface area contributed by atoms with E-state index >= 15 is 0 Å². The van der Waals surface area contributed by atoms with Gasteiger partial charge < -0.3 is 8.83 Å². The van der Waals surface area contributed by atoms with Gasteiger partial charge in [0.1, 0.15) is 22.3 Å². The number of fused-ring (bicyclic) bond motifs is 8. The molecule has 2 aromatic heterocycles. The van der Waals surface area contributed by atoms with Crippen molar-refractivity contribution in [2.24, 2.45) is 0 Å². The largest absolute Gasteiger partial charge is 0.456 e. The summed E-state index contributed by atoms with van der Waals surface area (Å²) in [6.07, 6.45) is 0. The van der Waals surface area contributed by atoms with Crippen molar-refractivity contribution >= 4 is 81.4 Å². The average molecular weight is 513 g/mol. The van der Waals surface area contributed by atoms with Crippen LogP contribution in [-0.4, -0.2) is 0 Å². The molecule has 35 heavy (non-hydrogen) atoms. The van der Waals surface area contributed by atoms with Crippen LogP contribution in [0.15, 0.2) is 116 Å². The third-order valence-electron chi connectivity index (χ3n) is 7.13. The molecular formula is C32H17BrO2. The van der Waals surface area contributed by atoms with Crippen LogP contribution in [0.2, 0.25) is 0 Å². The zero-order valence-corrected chi connectivity index (χ0v) is 20.1. The van der Waals surface area contributed by atoms with Crippen LogP contribution in [0, 0.1) is 0 Å². The second-order valence-electron chi connectivity index (χ2n) is 9.01. The van der Waals surface area contributed by atoms with Crippen LogP contribution in [0.25, 0.3) is 76.5 Å². The lowest BCUT2D eigenvalue weighted by Crippen LogP contribution is -1.88. The molecule has 0 aliphatic carbocycles. The van der Waals surface area contributed by atoms with E-state index in [9.17, 15) is 0 Å². The van der Waals surface area contributed by atoms with Crippen LogP contribution < -0.4 is 0 Å². The zero-order chi connectivity index (χ0) is 23.1. The van der Waals surface area contributed by atoms with Gasteiger partial charge in [0.05, 0.1) is 0 Å². The van der Waals surface area contributed by atoms with Gasteiger partial charge in [-0.05, 0) is 49.6 Å². The summed E-state index contributed by atoms with van der Waals surface area (Å²) in [5.41, 5.74) is 5.77. The smallest absolute Gasteiger partial charge is 0.143 e. The van der Waals surface area contributed by atoms with E-state index in [0.29, 0.717) is 0 Å². The van der Waals surface area contributed by atoms with Gasteiger partial charge in [-0.3, -0.25) is 0 Å². The summed E-state index contributed by atoms with van der Waals surface area (Å²) in [5.74, 6) is 0. The van der Waals surface area contributed by atoms with Gasteiger partial charge in [0.25, 0.3) is 0 Å². The molecular weight excluding hydrogens is 496 g/mol. The Kier molecular flexibility index (Phi) is 3.83. The number of hydrogen-bond donors (Lipinski definition) is 0. The van der Waals surface area contributed by atoms with E-state index < -0.39 is 0 Å². The van der Waals surface area contributed by atoms with Crippen LogP contribution in [0.3, 0.4) is 0 Å². The molecule has 164 valence electrons. The normalized spacial score (nSPS) is 12.1. The lowest BCUT2D eigenvalue weighted by Gasteiger charge is -2.14. The second-order valence-corrected chi connectivity index (χ2v) is 9.80. The highest BCUT2D eigenvalue weighted by molar-refractivity contribution is 9.10. The molecule has 0 aliphatic rings. The van der Waals surface area contributed by atoms with Crippen molar-refractivity contribution < 1.29 is 8.83 Å². The Labute approximate surface area is 208 Å². The topological polar surface area (TPSA) is 26.3 Å². The Morgan fingerprint density at radius 3 is 1.74 bits per heavy atom. The maximum atomic E-state index is 6.60. The molecule has 0 spiro atoms. The standard InChI is InChI=1S/C32H17BrO2/c33-31-21-11-3-1-9-19(21)30(20-10-2-4-12-22(20)31)24-14-7-13-23-26-16-25-18-8-5-6-15-27(18)34-28(25)17-29(26)35-32(23)24/h1-17H. The number of halogens is 1. The SMILES string of the molecule is Brc1c2ccccc2c(-c2cccc3c2oc2cc4oc5ccccc5c4cc23)c2ccccc12. The van der Waals surface area contributed by atoms with Crippen LogP contribution in [0.1, 0.15) is 0 Å². The third-order valence-corrected chi connectivity index (χ3v) is 7.99. The molecule has 0 bridgehead atoms. The van der Waals surface area contributed by atoms with Crippen molar-refractivity contribution in [2.45, 2.75) is 0 Å². The molecule has 0 radical (unpaired) electrons. The Hall–Kier alpha value is -4.08. The van der Waals surface area contributed by atoms with Crippen molar-refractivity contribution in [2.75, 3.05) is 0 Å². The van der Waals surface area contributed by atoms with Gasteiger partial charge >= 0.3 is 0 Å². The fourth-order valence-electron chi connectivity index (χ4n) is 5.58. The molecule has 0 saturated carbocycles. The molecule has 0 aliphatic heterocycles. The first-order valence-corrected chi connectivity index (χ1v) is 12.4. The fraction of sp³-hybridized carbons (Fsp3) is 0. The number of benzene rings is 6. The predicted octanol–water partition coefficient (Wildman–Crippen LogP) is 10.2. The molecule has 0 amide bonds. The first-order chi connectivity index (χ1) is 17.3. The number of rotatable bonds is 1. The van der Waals surface area contributed by atoms with E-state index in [0.717, 1.165) is 53.9 Å². The summed E-state index contributed by atoms with van der Waals surface area (Å²) >= 11 is 3.87.